The minimum absolute atomic E-state index is 0.400. The molecular formula is C22H27ClO6. The second-order valence-electron chi connectivity index (χ2n) is 7.49. The molecule has 0 spiro atoms. The van der Waals surface area contributed by atoms with Gasteiger partial charge in [-0.15, -0.1) is 0 Å². The molecule has 0 heterocycles. The van der Waals surface area contributed by atoms with Crippen LogP contribution in [0.25, 0.3) is 0 Å². The maximum Gasteiger partial charge on any atom is 0.153 e. The number of ether oxygens (including phenoxy) is 1. The van der Waals surface area contributed by atoms with Crippen molar-refractivity contribution in [3.05, 3.63) is 64.2 Å². The Morgan fingerprint density at radius 3 is 2.14 bits per heavy atom. The molecule has 0 aromatic heterocycles. The van der Waals surface area contributed by atoms with Crippen LogP contribution in [0.2, 0.25) is 5.02 Å². The van der Waals surface area contributed by atoms with Gasteiger partial charge in [0.1, 0.15) is 24.1 Å². The van der Waals surface area contributed by atoms with E-state index in [9.17, 15) is 25.5 Å². The number of benzene rings is 2. The average Bonchev–Trinajstić information content (AvgIpc) is 2.72. The van der Waals surface area contributed by atoms with E-state index >= 15 is 0 Å². The first-order chi connectivity index (χ1) is 13.8. The molecule has 1 aliphatic rings. The van der Waals surface area contributed by atoms with E-state index in [-0.39, 0.29) is 0 Å². The fourth-order valence-electron chi connectivity index (χ4n) is 3.71. The Hall–Kier alpha value is -1.67. The summed E-state index contributed by atoms with van der Waals surface area (Å²) in [6, 6.07) is 13.2. The molecule has 0 amide bonds. The second kappa shape index (κ2) is 9.43. The van der Waals surface area contributed by atoms with Gasteiger partial charge in [-0.05, 0) is 41.3 Å². The molecule has 0 aliphatic heterocycles. The van der Waals surface area contributed by atoms with Crippen molar-refractivity contribution in [3.63, 3.8) is 0 Å². The second-order valence-corrected chi connectivity index (χ2v) is 7.93. The first kappa shape index (κ1) is 22.0. The quantitative estimate of drug-likeness (QED) is 0.480. The van der Waals surface area contributed by atoms with Crippen molar-refractivity contribution in [3.8, 4) is 5.75 Å². The van der Waals surface area contributed by atoms with Gasteiger partial charge in [-0.2, -0.15) is 0 Å². The molecule has 2 aromatic rings. The van der Waals surface area contributed by atoms with Crippen LogP contribution in [0, 0.1) is 5.92 Å². The molecule has 158 valence electrons. The van der Waals surface area contributed by atoms with Gasteiger partial charge in [-0.25, -0.2) is 0 Å². The van der Waals surface area contributed by atoms with E-state index in [1.807, 2.05) is 12.1 Å². The number of hydrogen-bond acceptors (Lipinski definition) is 6. The van der Waals surface area contributed by atoms with Crippen LogP contribution in [0.1, 0.15) is 23.6 Å². The van der Waals surface area contributed by atoms with Gasteiger partial charge in [0.05, 0.1) is 12.7 Å². The summed E-state index contributed by atoms with van der Waals surface area (Å²) < 4.78 is 5.89. The van der Waals surface area contributed by atoms with Crippen LogP contribution in [0.3, 0.4) is 0 Å². The summed E-state index contributed by atoms with van der Waals surface area (Å²) in [7, 11) is 0. The van der Waals surface area contributed by atoms with Crippen molar-refractivity contribution in [1.82, 2.24) is 0 Å². The molecule has 2 aromatic carbocycles. The van der Waals surface area contributed by atoms with Crippen LogP contribution in [-0.4, -0.2) is 62.7 Å². The lowest BCUT2D eigenvalue weighted by Gasteiger charge is -2.43. The number of aliphatic hydroxyl groups is 5. The molecule has 0 radical (unpaired) electrons. The smallest absolute Gasteiger partial charge is 0.153 e. The van der Waals surface area contributed by atoms with Crippen LogP contribution < -0.4 is 4.74 Å². The summed E-state index contributed by atoms with van der Waals surface area (Å²) >= 11 is 6.16. The van der Waals surface area contributed by atoms with Crippen molar-refractivity contribution in [2.75, 3.05) is 6.61 Å². The normalized spacial score (nSPS) is 29.6. The maximum absolute atomic E-state index is 10.5. The predicted molar refractivity (Wildman–Crippen MR) is 109 cm³/mol. The van der Waals surface area contributed by atoms with Crippen molar-refractivity contribution < 1.29 is 30.3 Å². The van der Waals surface area contributed by atoms with Gasteiger partial charge in [0.2, 0.25) is 0 Å². The van der Waals surface area contributed by atoms with E-state index in [2.05, 4.69) is 19.1 Å². The monoisotopic (exact) mass is 422 g/mol. The highest BCUT2D eigenvalue weighted by molar-refractivity contribution is 6.30. The van der Waals surface area contributed by atoms with Crippen LogP contribution in [0.5, 0.6) is 5.75 Å². The third-order valence-corrected chi connectivity index (χ3v) is 5.81. The summed E-state index contributed by atoms with van der Waals surface area (Å²) in [5, 5.41) is 50.9. The van der Waals surface area contributed by atoms with Crippen molar-refractivity contribution in [2.24, 2.45) is 5.92 Å². The Morgan fingerprint density at radius 1 is 0.862 bits per heavy atom. The zero-order chi connectivity index (χ0) is 21.1. The molecule has 1 saturated carbocycles. The molecule has 0 bridgehead atoms. The topological polar surface area (TPSA) is 110 Å². The molecule has 29 heavy (non-hydrogen) atoms. The minimum Gasteiger partial charge on any atom is -0.485 e. The van der Waals surface area contributed by atoms with Crippen molar-refractivity contribution >= 4 is 11.6 Å². The van der Waals surface area contributed by atoms with Crippen LogP contribution in [0.15, 0.2) is 42.5 Å². The largest absolute Gasteiger partial charge is 0.485 e. The number of halogens is 1. The van der Waals surface area contributed by atoms with Gasteiger partial charge in [0.25, 0.3) is 0 Å². The van der Waals surface area contributed by atoms with Crippen LogP contribution in [-0.2, 0) is 12.8 Å². The van der Waals surface area contributed by atoms with Crippen molar-refractivity contribution in [2.45, 2.75) is 50.3 Å². The minimum atomic E-state index is -1.54. The van der Waals surface area contributed by atoms with Crippen molar-refractivity contribution in [1.29, 1.82) is 0 Å². The molecule has 2 unspecified atom stereocenters. The van der Waals surface area contributed by atoms with Crippen LogP contribution in [0.4, 0.5) is 0 Å². The highest BCUT2D eigenvalue weighted by Crippen LogP contribution is 2.32. The molecule has 6 nitrogen and oxygen atoms in total. The number of aryl methyl sites for hydroxylation is 1. The van der Waals surface area contributed by atoms with E-state index in [4.69, 9.17) is 16.3 Å². The average molecular weight is 423 g/mol. The Morgan fingerprint density at radius 2 is 1.52 bits per heavy atom. The zero-order valence-electron chi connectivity index (χ0n) is 16.1. The van der Waals surface area contributed by atoms with Gasteiger partial charge in [0.15, 0.2) is 6.10 Å². The standard InChI is InChI=1S/C22H27ClO6/c1-2-12-3-5-13(6-4-12)9-14-10-15(23)7-8-17(14)29-22-19(26)16(11-24)18(25)20(27)21(22)28/h3-8,10,16,18-22,24-28H,2,9,11H2,1H3/t16-,18?,19+,20?,21-,22-/m1/s1. The lowest BCUT2D eigenvalue weighted by molar-refractivity contribution is -0.202. The third-order valence-electron chi connectivity index (χ3n) is 5.57. The summed E-state index contributed by atoms with van der Waals surface area (Å²) in [5.74, 6) is -0.631. The van der Waals surface area contributed by atoms with Gasteiger partial charge < -0.3 is 30.3 Å². The summed E-state index contributed by atoms with van der Waals surface area (Å²) in [6.07, 6.45) is -5.62. The van der Waals surface area contributed by atoms with E-state index in [1.165, 1.54) is 5.56 Å². The van der Waals surface area contributed by atoms with E-state index in [0.717, 1.165) is 17.5 Å². The third kappa shape index (κ3) is 4.74. The SMILES string of the molecule is CCc1ccc(Cc2cc(Cl)ccc2O[C@@H]2[C@@H](O)[C@H](CO)C(O)C(O)[C@H]2O)cc1. The predicted octanol–water partition coefficient (Wildman–Crippen LogP) is 1.31. The maximum atomic E-state index is 10.5. The highest BCUT2D eigenvalue weighted by Gasteiger charge is 2.50. The van der Waals surface area contributed by atoms with Gasteiger partial charge in [-0.1, -0.05) is 42.8 Å². The molecule has 3 rings (SSSR count). The van der Waals surface area contributed by atoms with E-state index in [0.29, 0.717) is 17.2 Å². The number of rotatable bonds is 6. The lowest BCUT2D eigenvalue weighted by atomic mass is 9.78. The Kier molecular flexibility index (Phi) is 7.16. The van der Waals surface area contributed by atoms with E-state index < -0.39 is 43.0 Å². The fraction of sp³-hybridized carbons (Fsp3) is 0.455. The zero-order valence-corrected chi connectivity index (χ0v) is 16.9. The lowest BCUT2D eigenvalue weighted by Crippen LogP contribution is -2.63. The number of hydrogen-bond donors (Lipinski definition) is 5. The van der Waals surface area contributed by atoms with Gasteiger partial charge in [-0.3, -0.25) is 0 Å². The number of aliphatic hydroxyl groups excluding tert-OH is 5. The molecule has 1 fully saturated rings. The van der Waals surface area contributed by atoms with Crippen LogP contribution >= 0.6 is 11.6 Å². The van der Waals surface area contributed by atoms with E-state index in [1.54, 1.807) is 18.2 Å². The molecule has 5 N–H and O–H groups in total. The fourth-order valence-corrected chi connectivity index (χ4v) is 3.91. The molecular weight excluding hydrogens is 396 g/mol. The van der Waals surface area contributed by atoms with Gasteiger partial charge >= 0.3 is 0 Å². The molecule has 1 aliphatic carbocycles. The molecule has 0 saturated heterocycles. The summed E-state index contributed by atoms with van der Waals surface area (Å²) in [5.41, 5.74) is 3.03. The first-order valence-electron chi connectivity index (χ1n) is 9.71. The Bertz CT molecular complexity index is 811. The molecule has 7 heteroatoms. The first-order valence-corrected chi connectivity index (χ1v) is 10.1. The van der Waals surface area contributed by atoms with Gasteiger partial charge in [0, 0.05) is 17.4 Å². The highest BCUT2D eigenvalue weighted by atomic mass is 35.5. The molecule has 6 atom stereocenters. The summed E-state index contributed by atoms with van der Waals surface area (Å²) in [6.45, 7) is 1.53. The Labute approximate surface area is 175 Å². The summed E-state index contributed by atoms with van der Waals surface area (Å²) in [4.78, 5) is 0. The Balaban J connectivity index is 1.86.